The zero-order chi connectivity index (χ0) is 22.3. The molecule has 2 aliphatic rings. The minimum Gasteiger partial charge on any atom is -0.297 e. The molecule has 0 unspecified atom stereocenters. The van der Waals surface area contributed by atoms with E-state index in [4.69, 9.17) is 0 Å². The Kier molecular flexibility index (Phi) is 5.24. The first-order valence-electron chi connectivity index (χ1n) is 11.1. The number of carbonyl (C=O) groups is 2. The third kappa shape index (κ3) is 3.20. The largest absolute Gasteiger partial charge is 0.297 e. The Morgan fingerprint density at radius 1 is 0.844 bits per heavy atom. The van der Waals surface area contributed by atoms with Crippen LogP contribution in [0.2, 0.25) is 0 Å². The van der Waals surface area contributed by atoms with Crippen molar-refractivity contribution in [2.24, 2.45) is 0 Å². The lowest BCUT2D eigenvalue weighted by Crippen LogP contribution is -2.60. The van der Waals surface area contributed by atoms with E-state index in [1.807, 2.05) is 25.1 Å². The van der Waals surface area contributed by atoms with Crippen LogP contribution in [-0.2, 0) is 12.1 Å². The van der Waals surface area contributed by atoms with Crippen LogP contribution in [0.15, 0.2) is 67.0 Å². The van der Waals surface area contributed by atoms with E-state index >= 15 is 0 Å². The molecule has 3 aromatic rings. The van der Waals surface area contributed by atoms with Gasteiger partial charge >= 0.3 is 0 Å². The van der Waals surface area contributed by atoms with Gasteiger partial charge in [-0.25, -0.2) is 0 Å². The average molecular weight is 426 g/mol. The van der Waals surface area contributed by atoms with E-state index in [1.165, 1.54) is 11.1 Å². The summed E-state index contributed by atoms with van der Waals surface area (Å²) in [5, 5.41) is 0. The molecule has 0 bridgehead atoms. The molecule has 5 nitrogen and oxygen atoms in total. The highest BCUT2D eigenvalue weighted by molar-refractivity contribution is 6.32. The van der Waals surface area contributed by atoms with Crippen molar-refractivity contribution in [2.45, 2.75) is 25.9 Å². The third-order valence-corrected chi connectivity index (χ3v) is 6.87. The number of hydrogen-bond donors (Lipinski definition) is 0. The van der Waals surface area contributed by atoms with Gasteiger partial charge in [0, 0.05) is 61.8 Å². The second-order valence-corrected chi connectivity index (χ2v) is 8.85. The number of pyridine rings is 1. The van der Waals surface area contributed by atoms with Crippen molar-refractivity contribution < 1.29 is 9.59 Å². The highest BCUT2D eigenvalue weighted by atomic mass is 16.2. The molecule has 0 amide bonds. The van der Waals surface area contributed by atoms with E-state index in [0.717, 1.165) is 25.2 Å². The predicted octanol–water partition coefficient (Wildman–Crippen LogP) is 3.79. The molecule has 1 aliphatic heterocycles. The van der Waals surface area contributed by atoms with Crippen LogP contribution in [0.1, 0.15) is 43.0 Å². The van der Waals surface area contributed by atoms with E-state index in [-0.39, 0.29) is 11.6 Å². The molecule has 2 heterocycles. The molecular formula is C27H27N3O2. The maximum Gasteiger partial charge on any atom is 0.196 e. The number of aryl methyl sites for hydroxylation is 2. The van der Waals surface area contributed by atoms with Crippen molar-refractivity contribution in [3.05, 3.63) is 100 Å². The minimum atomic E-state index is -1.32. The van der Waals surface area contributed by atoms with Crippen LogP contribution >= 0.6 is 0 Å². The van der Waals surface area contributed by atoms with Crippen LogP contribution < -0.4 is 0 Å². The fraction of sp³-hybridized carbons (Fsp3) is 0.296. The Morgan fingerprint density at radius 3 is 2.09 bits per heavy atom. The number of aromatic nitrogens is 1. The summed E-state index contributed by atoms with van der Waals surface area (Å²) in [4.78, 5) is 36.5. The fourth-order valence-electron chi connectivity index (χ4n) is 5.13. The molecule has 0 spiro atoms. The molecule has 5 heteroatoms. The van der Waals surface area contributed by atoms with Crippen LogP contribution in [0.3, 0.4) is 0 Å². The second kappa shape index (κ2) is 8.08. The van der Waals surface area contributed by atoms with Gasteiger partial charge in [-0.2, -0.15) is 0 Å². The highest BCUT2D eigenvalue weighted by Gasteiger charge is 2.58. The number of benzene rings is 2. The molecule has 1 fully saturated rings. The van der Waals surface area contributed by atoms with Gasteiger partial charge in [-0.05, 0) is 30.5 Å². The first-order chi connectivity index (χ1) is 15.5. The summed E-state index contributed by atoms with van der Waals surface area (Å²) in [5.74, 6) is -0.254. The lowest BCUT2D eigenvalue weighted by molar-refractivity contribution is 0.0278. The summed E-state index contributed by atoms with van der Waals surface area (Å²) < 4.78 is 0. The van der Waals surface area contributed by atoms with Crippen molar-refractivity contribution in [3.8, 4) is 0 Å². The third-order valence-electron chi connectivity index (χ3n) is 6.87. The standard InChI is InChI=1S/C27H27N3O2/c1-19-15-22(17-28-16-19)27(25(31)23-9-5-6-10-24(23)26(27)32)30-13-11-29(12-14-30)18-21-8-4-3-7-20(21)2/h3-10,15-17H,11-14,18H2,1-2H3. The minimum absolute atomic E-state index is 0.127. The molecule has 5 rings (SSSR count). The molecular weight excluding hydrogens is 398 g/mol. The Hall–Kier alpha value is -3.15. The van der Waals surface area contributed by atoms with Crippen LogP contribution in [0.25, 0.3) is 0 Å². The van der Waals surface area contributed by atoms with Crippen molar-refractivity contribution >= 4 is 11.6 Å². The number of carbonyl (C=O) groups excluding carboxylic acids is 2. The van der Waals surface area contributed by atoms with Crippen molar-refractivity contribution in [2.75, 3.05) is 26.2 Å². The second-order valence-electron chi connectivity index (χ2n) is 8.85. The molecule has 2 aromatic carbocycles. The number of nitrogens with zero attached hydrogens (tertiary/aromatic N) is 3. The first kappa shape index (κ1) is 20.7. The van der Waals surface area contributed by atoms with Gasteiger partial charge in [0.25, 0.3) is 0 Å². The summed E-state index contributed by atoms with van der Waals surface area (Å²) in [5.41, 5.74) is 3.93. The van der Waals surface area contributed by atoms with Crippen LogP contribution in [0, 0.1) is 13.8 Å². The molecule has 1 saturated heterocycles. The van der Waals surface area contributed by atoms with Gasteiger partial charge in [-0.3, -0.25) is 24.4 Å². The Labute approximate surface area is 188 Å². The van der Waals surface area contributed by atoms with E-state index in [9.17, 15) is 9.59 Å². The molecule has 0 N–H and O–H groups in total. The predicted molar refractivity (Wildman–Crippen MR) is 124 cm³/mol. The quantitative estimate of drug-likeness (QED) is 0.596. The molecule has 162 valence electrons. The summed E-state index contributed by atoms with van der Waals surface area (Å²) in [6.45, 7) is 7.84. The Balaban J connectivity index is 1.48. The molecule has 32 heavy (non-hydrogen) atoms. The summed E-state index contributed by atoms with van der Waals surface area (Å²) in [7, 11) is 0. The summed E-state index contributed by atoms with van der Waals surface area (Å²) in [6.07, 6.45) is 3.45. The molecule has 0 atom stereocenters. The van der Waals surface area contributed by atoms with E-state index in [1.54, 1.807) is 24.5 Å². The Morgan fingerprint density at radius 2 is 1.47 bits per heavy atom. The van der Waals surface area contributed by atoms with Crippen LogP contribution in [-0.4, -0.2) is 52.5 Å². The molecule has 1 aliphatic carbocycles. The smallest absolute Gasteiger partial charge is 0.196 e. The van der Waals surface area contributed by atoms with Gasteiger partial charge in [0.15, 0.2) is 17.1 Å². The lowest BCUT2D eigenvalue weighted by atomic mass is 9.82. The van der Waals surface area contributed by atoms with Gasteiger partial charge in [-0.1, -0.05) is 54.6 Å². The van der Waals surface area contributed by atoms with E-state index in [0.29, 0.717) is 29.8 Å². The Bertz CT molecular complexity index is 1160. The zero-order valence-electron chi connectivity index (χ0n) is 18.5. The number of hydrogen-bond acceptors (Lipinski definition) is 5. The van der Waals surface area contributed by atoms with Gasteiger partial charge in [0.1, 0.15) is 0 Å². The van der Waals surface area contributed by atoms with Crippen LogP contribution in [0.5, 0.6) is 0 Å². The van der Waals surface area contributed by atoms with E-state index in [2.05, 4.69) is 46.0 Å². The number of Topliss-reactive ketones (excluding diaryl/α,β-unsaturated/α-hetero) is 2. The number of ketones is 2. The fourth-order valence-corrected chi connectivity index (χ4v) is 5.13. The monoisotopic (exact) mass is 425 g/mol. The summed E-state index contributed by atoms with van der Waals surface area (Å²) in [6, 6.07) is 17.6. The van der Waals surface area contributed by atoms with Crippen LogP contribution in [0.4, 0.5) is 0 Å². The molecule has 1 aromatic heterocycles. The van der Waals surface area contributed by atoms with Crippen molar-refractivity contribution in [1.82, 2.24) is 14.8 Å². The zero-order valence-corrected chi connectivity index (χ0v) is 18.5. The van der Waals surface area contributed by atoms with Crippen molar-refractivity contribution in [3.63, 3.8) is 0 Å². The first-order valence-corrected chi connectivity index (χ1v) is 11.1. The number of piperazine rings is 1. The topological polar surface area (TPSA) is 53.5 Å². The maximum atomic E-state index is 13.9. The number of fused-ring (bicyclic) bond motifs is 1. The molecule has 0 saturated carbocycles. The summed E-state index contributed by atoms with van der Waals surface area (Å²) >= 11 is 0. The van der Waals surface area contributed by atoms with Crippen molar-refractivity contribution in [1.29, 1.82) is 0 Å². The average Bonchev–Trinajstić information content (AvgIpc) is 3.04. The lowest BCUT2D eigenvalue weighted by Gasteiger charge is -2.44. The maximum absolute atomic E-state index is 13.9. The van der Waals surface area contributed by atoms with E-state index < -0.39 is 5.54 Å². The normalized spacial score (nSPS) is 18.7. The van der Waals surface area contributed by atoms with Gasteiger partial charge in [0.05, 0.1) is 0 Å². The molecule has 0 radical (unpaired) electrons. The highest BCUT2D eigenvalue weighted by Crippen LogP contribution is 2.43. The van der Waals surface area contributed by atoms with Gasteiger partial charge < -0.3 is 0 Å². The SMILES string of the molecule is Cc1cncc(C2(N3CCN(Cc4ccccc4C)CC3)C(=O)c3ccccc3C2=O)c1. The van der Waals surface area contributed by atoms with Gasteiger partial charge in [-0.15, -0.1) is 0 Å². The van der Waals surface area contributed by atoms with Gasteiger partial charge in [0.2, 0.25) is 0 Å². The number of rotatable bonds is 4.